The van der Waals surface area contributed by atoms with Crippen LogP contribution in [0.2, 0.25) is 5.28 Å². The van der Waals surface area contributed by atoms with Gasteiger partial charge in [-0.2, -0.15) is 0 Å². The number of nitrogen functional groups attached to an aromatic ring is 1. The Labute approximate surface area is 99.7 Å². The lowest BCUT2D eigenvalue weighted by Gasteiger charge is -2.19. The van der Waals surface area contributed by atoms with Gasteiger partial charge in [-0.1, -0.05) is 20.8 Å². The van der Waals surface area contributed by atoms with Gasteiger partial charge in [0.15, 0.2) is 0 Å². The van der Waals surface area contributed by atoms with Crippen LogP contribution >= 0.6 is 11.6 Å². The van der Waals surface area contributed by atoms with Crippen LogP contribution in [0.1, 0.15) is 26.5 Å². The summed E-state index contributed by atoms with van der Waals surface area (Å²) in [6, 6.07) is 5.62. The predicted molar refractivity (Wildman–Crippen MR) is 67.7 cm³/mol. The van der Waals surface area contributed by atoms with Crippen molar-refractivity contribution < 1.29 is 0 Å². The Kier molecular flexibility index (Phi) is 2.50. The van der Waals surface area contributed by atoms with Crippen LogP contribution in [0.15, 0.2) is 18.2 Å². The molecule has 4 heteroatoms. The maximum absolute atomic E-state index is 5.92. The Morgan fingerprint density at radius 3 is 2.50 bits per heavy atom. The first-order valence-corrected chi connectivity index (χ1v) is 5.49. The van der Waals surface area contributed by atoms with Crippen molar-refractivity contribution in [3.8, 4) is 0 Å². The van der Waals surface area contributed by atoms with Gasteiger partial charge in [-0.15, -0.1) is 0 Å². The lowest BCUT2D eigenvalue weighted by atomic mass is 9.89. The lowest BCUT2D eigenvalue weighted by molar-refractivity contribution is 0.574. The number of benzene rings is 1. The quantitative estimate of drug-likeness (QED) is 0.564. The molecule has 0 aliphatic heterocycles. The molecule has 3 nitrogen and oxygen atoms in total. The van der Waals surface area contributed by atoms with E-state index < -0.39 is 0 Å². The Morgan fingerprint density at radius 2 is 1.88 bits per heavy atom. The number of nitrogens with two attached hydrogens (primary N) is 1. The van der Waals surface area contributed by atoms with E-state index in [4.69, 9.17) is 17.3 Å². The molecule has 84 valence electrons. The second kappa shape index (κ2) is 3.59. The highest BCUT2D eigenvalue weighted by Gasteiger charge is 2.20. The van der Waals surface area contributed by atoms with E-state index in [1.807, 2.05) is 18.2 Å². The zero-order valence-corrected chi connectivity index (χ0v) is 10.3. The summed E-state index contributed by atoms with van der Waals surface area (Å²) in [5, 5.41) is 1.27. The molecule has 0 radical (unpaired) electrons. The fourth-order valence-corrected chi connectivity index (χ4v) is 1.87. The first kappa shape index (κ1) is 11.1. The Bertz CT molecular complexity index is 538. The maximum Gasteiger partial charge on any atom is 0.223 e. The monoisotopic (exact) mass is 235 g/mol. The summed E-state index contributed by atoms with van der Waals surface area (Å²) >= 11 is 5.92. The molecule has 0 aliphatic carbocycles. The van der Waals surface area contributed by atoms with Gasteiger partial charge in [0.25, 0.3) is 0 Å². The van der Waals surface area contributed by atoms with Crippen LogP contribution in [-0.2, 0) is 5.41 Å². The highest BCUT2D eigenvalue weighted by molar-refractivity contribution is 6.28. The fourth-order valence-electron chi connectivity index (χ4n) is 1.69. The second-order valence-electron chi connectivity index (χ2n) is 4.87. The van der Waals surface area contributed by atoms with Crippen molar-refractivity contribution in [2.45, 2.75) is 26.2 Å². The van der Waals surface area contributed by atoms with E-state index in [0.717, 1.165) is 16.6 Å². The number of hydrogen-bond acceptors (Lipinski definition) is 3. The van der Waals surface area contributed by atoms with Gasteiger partial charge in [0.1, 0.15) is 0 Å². The van der Waals surface area contributed by atoms with Gasteiger partial charge >= 0.3 is 0 Å². The molecule has 1 aromatic carbocycles. The highest BCUT2D eigenvalue weighted by Crippen LogP contribution is 2.29. The van der Waals surface area contributed by atoms with E-state index in [9.17, 15) is 0 Å². The van der Waals surface area contributed by atoms with Crippen LogP contribution in [0.5, 0.6) is 0 Å². The van der Waals surface area contributed by atoms with Crippen molar-refractivity contribution in [1.82, 2.24) is 9.97 Å². The third kappa shape index (κ3) is 1.95. The molecule has 1 aromatic heterocycles. The molecule has 0 unspecified atom stereocenters. The number of anilines is 1. The molecule has 1 heterocycles. The van der Waals surface area contributed by atoms with E-state index in [2.05, 4.69) is 30.7 Å². The number of aromatic nitrogens is 2. The van der Waals surface area contributed by atoms with E-state index in [1.54, 1.807) is 0 Å². The van der Waals surface area contributed by atoms with Gasteiger partial charge < -0.3 is 5.73 Å². The van der Waals surface area contributed by atoms with Gasteiger partial charge in [0.05, 0.1) is 11.2 Å². The van der Waals surface area contributed by atoms with Gasteiger partial charge in [-0.25, -0.2) is 9.97 Å². The molecular weight excluding hydrogens is 222 g/mol. The van der Waals surface area contributed by atoms with Crippen LogP contribution in [0.4, 0.5) is 5.69 Å². The molecule has 2 N–H and O–H groups in total. The highest BCUT2D eigenvalue weighted by atomic mass is 35.5. The summed E-state index contributed by atoms with van der Waals surface area (Å²) < 4.78 is 0. The molecule has 0 aliphatic rings. The van der Waals surface area contributed by atoms with E-state index >= 15 is 0 Å². The van der Waals surface area contributed by atoms with Crippen LogP contribution < -0.4 is 5.73 Å². The molecule has 0 saturated carbocycles. The summed E-state index contributed by atoms with van der Waals surface area (Å²) in [7, 11) is 0. The lowest BCUT2D eigenvalue weighted by Crippen LogP contribution is -2.15. The molecule has 16 heavy (non-hydrogen) atoms. The smallest absolute Gasteiger partial charge is 0.223 e. The van der Waals surface area contributed by atoms with Crippen LogP contribution in [0, 0.1) is 0 Å². The largest absolute Gasteiger partial charge is 0.399 e. The molecule has 0 amide bonds. The minimum atomic E-state index is -0.0685. The number of nitrogens with zero attached hydrogens (tertiary/aromatic N) is 2. The van der Waals surface area contributed by atoms with Crippen LogP contribution in [0.3, 0.4) is 0 Å². The SMILES string of the molecule is CC(C)(C)c1nc(Cl)nc2cc(N)ccc12. The molecular formula is C12H14ClN3. The fraction of sp³-hybridized carbons (Fsp3) is 0.333. The van der Waals surface area contributed by atoms with Crippen molar-refractivity contribution in [2.24, 2.45) is 0 Å². The Hall–Kier alpha value is -1.35. The summed E-state index contributed by atoms with van der Waals surface area (Å²) in [5.74, 6) is 0. The van der Waals surface area contributed by atoms with Gasteiger partial charge in [0.2, 0.25) is 5.28 Å². The van der Waals surface area contributed by atoms with Crippen LogP contribution in [-0.4, -0.2) is 9.97 Å². The Balaban J connectivity index is 2.83. The van der Waals surface area contributed by atoms with Gasteiger partial charge in [0, 0.05) is 16.5 Å². The standard InChI is InChI=1S/C12H14ClN3/c1-12(2,3)10-8-5-4-7(14)6-9(8)15-11(13)16-10/h4-6H,14H2,1-3H3. The molecule has 2 aromatic rings. The minimum Gasteiger partial charge on any atom is -0.399 e. The summed E-state index contributed by atoms with van der Waals surface area (Å²) in [6.07, 6.45) is 0. The third-order valence-corrected chi connectivity index (χ3v) is 2.57. The van der Waals surface area contributed by atoms with Gasteiger partial charge in [-0.3, -0.25) is 0 Å². The maximum atomic E-state index is 5.92. The van der Waals surface area contributed by atoms with Crippen molar-refractivity contribution in [1.29, 1.82) is 0 Å². The minimum absolute atomic E-state index is 0.0685. The predicted octanol–water partition coefficient (Wildman–Crippen LogP) is 3.16. The van der Waals surface area contributed by atoms with E-state index in [0.29, 0.717) is 5.69 Å². The molecule has 2 rings (SSSR count). The molecule has 0 spiro atoms. The number of fused-ring (bicyclic) bond motifs is 1. The normalized spacial score (nSPS) is 12.0. The zero-order chi connectivity index (χ0) is 11.9. The van der Waals surface area contributed by atoms with Crippen molar-refractivity contribution in [2.75, 3.05) is 5.73 Å². The van der Waals surface area contributed by atoms with E-state index in [-0.39, 0.29) is 10.7 Å². The Morgan fingerprint density at radius 1 is 1.19 bits per heavy atom. The first-order chi connectivity index (χ1) is 7.38. The summed E-state index contributed by atoms with van der Waals surface area (Å²) in [5.41, 5.74) is 8.09. The molecule has 0 saturated heterocycles. The van der Waals surface area contributed by atoms with Crippen molar-refractivity contribution in [3.63, 3.8) is 0 Å². The first-order valence-electron chi connectivity index (χ1n) is 5.11. The average Bonchev–Trinajstić information content (AvgIpc) is 2.14. The third-order valence-electron chi connectivity index (χ3n) is 2.40. The van der Waals surface area contributed by atoms with E-state index in [1.165, 1.54) is 0 Å². The molecule has 0 atom stereocenters. The topological polar surface area (TPSA) is 51.8 Å². The number of hydrogen-bond donors (Lipinski definition) is 1. The second-order valence-corrected chi connectivity index (χ2v) is 5.21. The van der Waals surface area contributed by atoms with Crippen molar-refractivity contribution >= 4 is 28.2 Å². The average molecular weight is 236 g/mol. The number of halogens is 1. The summed E-state index contributed by atoms with van der Waals surface area (Å²) in [6.45, 7) is 6.30. The van der Waals surface area contributed by atoms with Gasteiger partial charge in [-0.05, 0) is 29.8 Å². The summed E-state index contributed by atoms with van der Waals surface area (Å²) in [4.78, 5) is 8.50. The molecule has 0 bridgehead atoms. The molecule has 0 fully saturated rings. The number of rotatable bonds is 0. The van der Waals surface area contributed by atoms with Crippen molar-refractivity contribution in [3.05, 3.63) is 29.2 Å². The zero-order valence-electron chi connectivity index (χ0n) is 9.58. The van der Waals surface area contributed by atoms with Crippen LogP contribution in [0.25, 0.3) is 10.9 Å².